The second-order valence-electron chi connectivity index (χ2n) is 4.69. The molecule has 100 valence electrons. The molecule has 0 radical (unpaired) electrons. The number of amides is 1. The Morgan fingerprint density at radius 2 is 2.17 bits per heavy atom. The Balaban J connectivity index is 2.75. The summed E-state index contributed by atoms with van der Waals surface area (Å²) in [6.07, 6.45) is -0.626. The van der Waals surface area contributed by atoms with E-state index in [1.165, 1.54) is 11.3 Å². The molecule has 0 fully saturated rings. The van der Waals surface area contributed by atoms with Crippen LogP contribution in [0.4, 0.5) is 4.79 Å². The summed E-state index contributed by atoms with van der Waals surface area (Å²) in [5.74, 6) is -0.414. The molecule has 0 aliphatic heterocycles. The van der Waals surface area contributed by atoms with Gasteiger partial charge in [0.05, 0.1) is 5.88 Å². The number of ether oxygens (including phenoxy) is 1. The van der Waals surface area contributed by atoms with Crippen LogP contribution in [0.15, 0.2) is 17.5 Å². The molecule has 18 heavy (non-hydrogen) atoms. The van der Waals surface area contributed by atoms with Crippen molar-refractivity contribution in [3.8, 4) is 0 Å². The Morgan fingerprint density at radius 1 is 1.50 bits per heavy atom. The lowest BCUT2D eigenvalue weighted by molar-refractivity contribution is -0.118. The van der Waals surface area contributed by atoms with Crippen molar-refractivity contribution in [2.24, 2.45) is 0 Å². The highest BCUT2D eigenvalue weighted by Crippen LogP contribution is 2.21. The average molecular weight is 290 g/mol. The summed E-state index contributed by atoms with van der Waals surface area (Å²) < 4.78 is 5.12. The monoisotopic (exact) mass is 289 g/mol. The number of alkyl halides is 1. The number of nitrogens with one attached hydrogen (secondary N) is 1. The van der Waals surface area contributed by atoms with Crippen molar-refractivity contribution in [2.45, 2.75) is 32.4 Å². The Bertz CT molecular complexity index is 411. The number of carbonyl (C=O) groups is 2. The Kier molecular flexibility index (Phi) is 5.16. The molecule has 1 aromatic rings. The standard InChI is InChI=1S/C12H16ClNO3S/c1-12(2,3)17-11(16)14-10(8(15)7-13)9-5-4-6-18-9/h4-6,10H,7H2,1-3H3,(H,14,16). The number of carbonyl (C=O) groups excluding carboxylic acids is 2. The molecular weight excluding hydrogens is 274 g/mol. The van der Waals surface area contributed by atoms with Gasteiger partial charge in [0.1, 0.15) is 11.6 Å². The van der Waals surface area contributed by atoms with E-state index in [2.05, 4.69) is 5.32 Å². The molecular formula is C12H16ClNO3S. The molecule has 1 atom stereocenters. The number of ketones is 1. The first-order chi connectivity index (χ1) is 8.33. The van der Waals surface area contributed by atoms with Crippen LogP contribution in [0.2, 0.25) is 0 Å². The third-order valence-corrected chi connectivity index (χ3v) is 3.14. The van der Waals surface area contributed by atoms with Gasteiger partial charge in [-0.2, -0.15) is 0 Å². The zero-order chi connectivity index (χ0) is 13.8. The first-order valence-corrected chi connectivity index (χ1v) is 6.86. The van der Waals surface area contributed by atoms with E-state index in [-0.39, 0.29) is 11.7 Å². The molecule has 4 nitrogen and oxygen atoms in total. The van der Waals surface area contributed by atoms with Crippen LogP contribution < -0.4 is 5.32 Å². The topological polar surface area (TPSA) is 55.4 Å². The van der Waals surface area contributed by atoms with Gasteiger partial charge in [0, 0.05) is 4.88 Å². The highest BCUT2D eigenvalue weighted by Gasteiger charge is 2.25. The highest BCUT2D eigenvalue weighted by atomic mass is 35.5. The van der Waals surface area contributed by atoms with Crippen molar-refractivity contribution in [3.05, 3.63) is 22.4 Å². The maximum absolute atomic E-state index is 11.7. The zero-order valence-electron chi connectivity index (χ0n) is 10.5. The van der Waals surface area contributed by atoms with Crippen LogP contribution >= 0.6 is 22.9 Å². The molecule has 1 N–H and O–H groups in total. The molecule has 0 spiro atoms. The summed E-state index contributed by atoms with van der Waals surface area (Å²) in [5.41, 5.74) is -0.603. The van der Waals surface area contributed by atoms with Gasteiger partial charge in [-0.05, 0) is 32.2 Å². The molecule has 1 amide bonds. The Labute approximate surface area is 115 Å². The summed E-state index contributed by atoms with van der Waals surface area (Å²) in [7, 11) is 0. The maximum atomic E-state index is 11.7. The third-order valence-electron chi connectivity index (χ3n) is 1.94. The predicted octanol–water partition coefficient (Wildman–Crippen LogP) is 3.12. The SMILES string of the molecule is CC(C)(C)OC(=O)NC(C(=O)CCl)c1cccs1. The van der Waals surface area contributed by atoms with Crippen LogP contribution in [0.5, 0.6) is 0 Å². The number of Topliss-reactive ketones (excluding diaryl/α,β-unsaturated/α-hetero) is 1. The van der Waals surface area contributed by atoms with Gasteiger partial charge in [-0.25, -0.2) is 4.79 Å². The van der Waals surface area contributed by atoms with Crippen LogP contribution in [-0.2, 0) is 9.53 Å². The molecule has 1 aromatic heterocycles. The first kappa shape index (κ1) is 15.0. The average Bonchev–Trinajstić information content (AvgIpc) is 2.75. The van der Waals surface area contributed by atoms with E-state index in [0.29, 0.717) is 0 Å². The van der Waals surface area contributed by atoms with Crippen molar-refractivity contribution < 1.29 is 14.3 Å². The van der Waals surface area contributed by atoms with Gasteiger partial charge in [0.25, 0.3) is 0 Å². The lowest BCUT2D eigenvalue weighted by Gasteiger charge is -2.22. The van der Waals surface area contributed by atoms with Gasteiger partial charge in [-0.3, -0.25) is 4.79 Å². The van der Waals surface area contributed by atoms with E-state index in [1.807, 2.05) is 11.4 Å². The van der Waals surface area contributed by atoms with Gasteiger partial charge >= 0.3 is 6.09 Å². The second-order valence-corrected chi connectivity index (χ2v) is 5.94. The fourth-order valence-corrected chi connectivity index (χ4v) is 2.22. The molecule has 6 heteroatoms. The molecule has 0 aromatic carbocycles. The van der Waals surface area contributed by atoms with E-state index in [0.717, 1.165) is 4.88 Å². The molecule has 1 heterocycles. The maximum Gasteiger partial charge on any atom is 0.408 e. The lowest BCUT2D eigenvalue weighted by atomic mass is 10.1. The van der Waals surface area contributed by atoms with Crippen LogP contribution in [0.25, 0.3) is 0 Å². The molecule has 0 bridgehead atoms. The number of alkyl carbamates (subject to hydrolysis) is 1. The molecule has 0 saturated heterocycles. The summed E-state index contributed by atoms with van der Waals surface area (Å²) in [4.78, 5) is 24.1. The predicted molar refractivity (Wildman–Crippen MR) is 72.2 cm³/mol. The normalized spacial score (nSPS) is 12.9. The molecule has 0 aliphatic carbocycles. The minimum Gasteiger partial charge on any atom is -0.444 e. The van der Waals surface area contributed by atoms with Crippen LogP contribution in [0, 0.1) is 0 Å². The highest BCUT2D eigenvalue weighted by molar-refractivity contribution is 7.10. The van der Waals surface area contributed by atoms with E-state index >= 15 is 0 Å². The molecule has 0 saturated carbocycles. The number of halogens is 1. The van der Waals surface area contributed by atoms with Crippen molar-refractivity contribution in [1.82, 2.24) is 5.32 Å². The number of thiophene rings is 1. The van der Waals surface area contributed by atoms with Crippen molar-refractivity contribution in [3.63, 3.8) is 0 Å². The van der Waals surface area contributed by atoms with Gasteiger partial charge in [-0.1, -0.05) is 6.07 Å². The van der Waals surface area contributed by atoms with Crippen LogP contribution in [0.1, 0.15) is 31.7 Å². The quantitative estimate of drug-likeness (QED) is 0.867. The second kappa shape index (κ2) is 6.20. The van der Waals surface area contributed by atoms with Gasteiger partial charge in [0.2, 0.25) is 0 Å². The number of hydrogen-bond acceptors (Lipinski definition) is 4. The summed E-state index contributed by atoms with van der Waals surface area (Å²) in [6, 6.07) is 2.85. The first-order valence-electron chi connectivity index (χ1n) is 5.45. The van der Waals surface area contributed by atoms with E-state index in [1.54, 1.807) is 26.8 Å². The molecule has 1 unspecified atom stereocenters. The molecule has 0 aliphatic rings. The number of rotatable bonds is 4. The van der Waals surface area contributed by atoms with Gasteiger partial charge in [0.15, 0.2) is 5.78 Å². The Morgan fingerprint density at radius 3 is 2.61 bits per heavy atom. The minimum absolute atomic E-state index is 0.154. The molecule has 1 rings (SSSR count). The fourth-order valence-electron chi connectivity index (χ4n) is 1.27. The summed E-state index contributed by atoms with van der Waals surface area (Å²) >= 11 is 6.93. The van der Waals surface area contributed by atoms with Gasteiger partial charge in [-0.15, -0.1) is 22.9 Å². The Hall–Kier alpha value is -1.07. The van der Waals surface area contributed by atoms with Crippen LogP contribution in [0.3, 0.4) is 0 Å². The van der Waals surface area contributed by atoms with Crippen molar-refractivity contribution >= 4 is 34.8 Å². The fraction of sp³-hybridized carbons (Fsp3) is 0.500. The zero-order valence-corrected chi connectivity index (χ0v) is 12.1. The smallest absolute Gasteiger partial charge is 0.408 e. The van der Waals surface area contributed by atoms with E-state index in [9.17, 15) is 9.59 Å². The van der Waals surface area contributed by atoms with Crippen molar-refractivity contribution in [1.29, 1.82) is 0 Å². The largest absolute Gasteiger partial charge is 0.444 e. The minimum atomic E-state index is -0.739. The van der Waals surface area contributed by atoms with E-state index < -0.39 is 17.7 Å². The van der Waals surface area contributed by atoms with Crippen molar-refractivity contribution in [2.75, 3.05) is 5.88 Å². The third kappa shape index (κ3) is 4.66. The van der Waals surface area contributed by atoms with Gasteiger partial charge < -0.3 is 10.1 Å². The number of hydrogen-bond donors (Lipinski definition) is 1. The van der Waals surface area contributed by atoms with E-state index in [4.69, 9.17) is 16.3 Å². The summed E-state index contributed by atoms with van der Waals surface area (Å²) in [6.45, 7) is 5.28. The van der Waals surface area contributed by atoms with Crippen LogP contribution in [-0.4, -0.2) is 23.4 Å². The summed E-state index contributed by atoms with van der Waals surface area (Å²) in [5, 5.41) is 4.38. The lowest BCUT2D eigenvalue weighted by Crippen LogP contribution is -2.38.